The minimum atomic E-state index is 0.528. The van der Waals surface area contributed by atoms with Crippen molar-refractivity contribution in [3.63, 3.8) is 0 Å². The summed E-state index contributed by atoms with van der Waals surface area (Å²) >= 11 is 3.53. The van der Waals surface area contributed by atoms with Crippen LogP contribution in [-0.2, 0) is 11.3 Å². The first-order chi connectivity index (χ1) is 7.45. The molecule has 1 aromatic rings. The lowest BCUT2D eigenvalue weighted by molar-refractivity contribution is 0.0457. The lowest BCUT2D eigenvalue weighted by Gasteiger charge is -2.10. The second-order valence-corrected chi connectivity index (χ2v) is 3.70. The zero-order valence-corrected chi connectivity index (χ0v) is 10.2. The fourth-order valence-corrected chi connectivity index (χ4v) is 1.84. The summed E-state index contributed by atoms with van der Waals surface area (Å²) in [6, 6.07) is 10.4. The molecule has 1 nitrogen and oxygen atoms in total. The quantitative estimate of drug-likeness (QED) is 0.770. The van der Waals surface area contributed by atoms with Crippen molar-refractivity contribution in [2.24, 2.45) is 0 Å². The largest absolute Gasteiger partial charge is 0.374 e. The first kappa shape index (κ1) is 12.6. The average Bonchev–Trinajstić information content (AvgIpc) is 2.83. The van der Waals surface area contributed by atoms with Crippen molar-refractivity contribution in [2.75, 3.05) is 6.26 Å². The van der Waals surface area contributed by atoms with Crippen molar-refractivity contribution in [1.82, 2.24) is 0 Å². The number of ether oxygens (including phenoxy) is 1. The second-order valence-electron chi connectivity index (χ2n) is 3.70. The monoisotopic (exact) mass is 224 g/mol. The number of benzene rings is 1. The van der Waals surface area contributed by atoms with Gasteiger partial charge in [0.15, 0.2) is 0 Å². The maximum atomic E-state index is 5.79. The van der Waals surface area contributed by atoms with Crippen LogP contribution in [0.4, 0.5) is 0 Å². The smallest absolute Gasteiger partial charge is 0.0720 e. The summed E-state index contributed by atoms with van der Waals surface area (Å²) < 4.78 is 5.79. The third-order valence-corrected chi connectivity index (χ3v) is 2.63. The van der Waals surface area contributed by atoms with Gasteiger partial charge < -0.3 is 4.74 Å². The van der Waals surface area contributed by atoms with Crippen LogP contribution in [0.5, 0.6) is 0 Å². The van der Waals surface area contributed by atoms with Gasteiger partial charge in [-0.25, -0.2) is 0 Å². The van der Waals surface area contributed by atoms with Gasteiger partial charge in [0.2, 0.25) is 0 Å². The van der Waals surface area contributed by atoms with Gasteiger partial charge in [-0.2, -0.15) is 12.6 Å². The van der Waals surface area contributed by atoms with Crippen molar-refractivity contribution < 1.29 is 4.74 Å². The Hall–Kier alpha value is -0.470. The van der Waals surface area contributed by atoms with E-state index >= 15 is 0 Å². The molecule has 0 bridgehead atoms. The summed E-state index contributed by atoms with van der Waals surface area (Å²) in [6.07, 6.45) is 7.43. The van der Waals surface area contributed by atoms with Gasteiger partial charge in [0.25, 0.3) is 0 Å². The maximum Gasteiger partial charge on any atom is 0.0720 e. The summed E-state index contributed by atoms with van der Waals surface area (Å²) in [6.45, 7) is 0.783. The van der Waals surface area contributed by atoms with E-state index in [4.69, 9.17) is 4.74 Å². The lowest BCUT2D eigenvalue weighted by atomic mass is 10.2. The van der Waals surface area contributed by atoms with Crippen LogP contribution in [0.3, 0.4) is 0 Å². The van der Waals surface area contributed by atoms with Gasteiger partial charge >= 0.3 is 0 Å². The molecule has 0 saturated heterocycles. The van der Waals surface area contributed by atoms with Gasteiger partial charge in [-0.15, -0.1) is 0 Å². The Bertz CT molecular complexity index is 242. The molecule has 0 heterocycles. The van der Waals surface area contributed by atoms with Crippen molar-refractivity contribution in [3.8, 4) is 0 Å². The van der Waals surface area contributed by atoms with E-state index in [1.54, 1.807) is 6.26 Å². The van der Waals surface area contributed by atoms with Gasteiger partial charge in [0.1, 0.15) is 0 Å². The van der Waals surface area contributed by atoms with E-state index in [9.17, 15) is 0 Å². The molecule has 0 amide bonds. The molecule has 0 spiro atoms. The Balaban J connectivity index is 0.000000531. The third-order valence-electron chi connectivity index (χ3n) is 2.63. The molecule has 0 radical (unpaired) electrons. The molecule has 1 saturated carbocycles. The summed E-state index contributed by atoms with van der Waals surface area (Å²) in [5.74, 6) is 0. The Labute approximate surface area is 98.3 Å². The summed E-state index contributed by atoms with van der Waals surface area (Å²) in [7, 11) is 0. The van der Waals surface area contributed by atoms with Crippen molar-refractivity contribution in [1.29, 1.82) is 0 Å². The highest BCUT2D eigenvalue weighted by Crippen LogP contribution is 2.21. The second kappa shape index (κ2) is 7.77. The summed E-state index contributed by atoms with van der Waals surface area (Å²) in [5, 5.41) is 0. The standard InChI is InChI=1S/C12H16O.CH4S/c1-2-6-11(7-3-1)10-13-12-8-4-5-9-12;1-2/h1-3,6-7,12H,4-5,8-10H2;2H,1H3. The molecule has 1 aliphatic carbocycles. The zero-order chi connectivity index (χ0) is 10.9. The predicted octanol–water partition coefficient (Wildman–Crippen LogP) is 3.69. The number of thiol groups is 1. The molecular formula is C13H20OS. The average molecular weight is 224 g/mol. The van der Waals surface area contributed by atoms with Crippen LogP contribution in [0.15, 0.2) is 30.3 Å². The first-order valence-electron chi connectivity index (χ1n) is 5.55. The van der Waals surface area contributed by atoms with E-state index in [0.717, 1.165) is 6.61 Å². The Kier molecular flexibility index (Phi) is 6.53. The zero-order valence-electron chi connectivity index (χ0n) is 9.36. The van der Waals surface area contributed by atoms with Crippen molar-refractivity contribution >= 4 is 12.6 Å². The van der Waals surface area contributed by atoms with Crippen LogP contribution >= 0.6 is 12.6 Å². The van der Waals surface area contributed by atoms with Crippen LogP contribution in [0.2, 0.25) is 0 Å². The molecule has 0 aliphatic heterocycles. The molecule has 0 N–H and O–H groups in total. The van der Waals surface area contributed by atoms with Gasteiger partial charge in [0, 0.05) is 0 Å². The van der Waals surface area contributed by atoms with Crippen LogP contribution < -0.4 is 0 Å². The summed E-state index contributed by atoms with van der Waals surface area (Å²) in [5.41, 5.74) is 1.29. The van der Waals surface area contributed by atoms with E-state index in [1.165, 1.54) is 31.2 Å². The lowest BCUT2D eigenvalue weighted by Crippen LogP contribution is -2.06. The van der Waals surface area contributed by atoms with E-state index in [2.05, 4.69) is 36.9 Å². The van der Waals surface area contributed by atoms with Gasteiger partial charge in [0.05, 0.1) is 12.7 Å². The third kappa shape index (κ3) is 4.72. The fourth-order valence-electron chi connectivity index (χ4n) is 1.84. The Morgan fingerprint density at radius 3 is 2.33 bits per heavy atom. The van der Waals surface area contributed by atoms with E-state index in [-0.39, 0.29) is 0 Å². The van der Waals surface area contributed by atoms with Gasteiger partial charge in [-0.05, 0) is 24.7 Å². The first-order valence-corrected chi connectivity index (χ1v) is 6.45. The molecule has 1 fully saturated rings. The topological polar surface area (TPSA) is 9.23 Å². The SMILES string of the molecule is CS.c1ccc(COC2CCCC2)cc1. The molecule has 84 valence electrons. The number of rotatable bonds is 3. The highest BCUT2D eigenvalue weighted by molar-refractivity contribution is 7.79. The van der Waals surface area contributed by atoms with Gasteiger partial charge in [-0.1, -0.05) is 43.2 Å². The van der Waals surface area contributed by atoms with Crippen LogP contribution in [0.25, 0.3) is 0 Å². The molecule has 1 aromatic carbocycles. The number of hydrogen-bond donors (Lipinski definition) is 1. The Morgan fingerprint density at radius 1 is 1.13 bits per heavy atom. The fraction of sp³-hybridized carbons (Fsp3) is 0.538. The molecular weight excluding hydrogens is 204 g/mol. The molecule has 15 heavy (non-hydrogen) atoms. The number of hydrogen-bond acceptors (Lipinski definition) is 2. The molecule has 2 rings (SSSR count). The van der Waals surface area contributed by atoms with Gasteiger partial charge in [-0.3, -0.25) is 0 Å². The van der Waals surface area contributed by atoms with Crippen LogP contribution in [0, 0.1) is 0 Å². The molecule has 0 unspecified atom stereocenters. The van der Waals surface area contributed by atoms with E-state index in [0.29, 0.717) is 6.10 Å². The maximum absolute atomic E-state index is 5.79. The van der Waals surface area contributed by atoms with Crippen LogP contribution in [0.1, 0.15) is 31.2 Å². The minimum Gasteiger partial charge on any atom is -0.374 e. The summed E-state index contributed by atoms with van der Waals surface area (Å²) in [4.78, 5) is 0. The molecule has 0 aromatic heterocycles. The van der Waals surface area contributed by atoms with Crippen molar-refractivity contribution in [2.45, 2.75) is 38.4 Å². The minimum absolute atomic E-state index is 0.528. The highest BCUT2D eigenvalue weighted by atomic mass is 32.1. The van der Waals surface area contributed by atoms with E-state index < -0.39 is 0 Å². The predicted molar refractivity (Wildman–Crippen MR) is 68.4 cm³/mol. The molecule has 2 heteroatoms. The van der Waals surface area contributed by atoms with Crippen molar-refractivity contribution in [3.05, 3.63) is 35.9 Å². The normalized spacial score (nSPS) is 15.9. The van der Waals surface area contributed by atoms with E-state index in [1.807, 2.05) is 6.07 Å². The molecule has 0 atom stereocenters. The van der Waals surface area contributed by atoms with Crippen LogP contribution in [-0.4, -0.2) is 12.4 Å². The highest BCUT2D eigenvalue weighted by Gasteiger charge is 2.14. The Morgan fingerprint density at radius 2 is 1.73 bits per heavy atom. The molecule has 1 aliphatic rings.